The van der Waals surface area contributed by atoms with Crippen molar-refractivity contribution < 1.29 is 0 Å². The summed E-state index contributed by atoms with van der Waals surface area (Å²) in [7, 11) is 0. The fraction of sp³-hybridized carbons (Fsp3) is 0.200. The monoisotopic (exact) mass is 358 g/mol. The molecule has 1 aliphatic rings. The fourth-order valence-corrected chi connectivity index (χ4v) is 4.03. The molecule has 0 spiro atoms. The van der Waals surface area contributed by atoms with Gasteiger partial charge in [0, 0.05) is 5.02 Å². The molecule has 130 valence electrons. The minimum Gasteiger partial charge on any atom is -0.0843 e. The third kappa shape index (κ3) is 3.92. The number of hydrogen-bond donors (Lipinski definition) is 0. The zero-order chi connectivity index (χ0) is 17.8. The van der Waals surface area contributed by atoms with Crippen LogP contribution in [0, 0.1) is 5.92 Å². The van der Waals surface area contributed by atoms with E-state index in [0.717, 1.165) is 17.4 Å². The van der Waals surface area contributed by atoms with Gasteiger partial charge < -0.3 is 0 Å². The first-order valence-corrected chi connectivity index (χ1v) is 9.76. The molecular formula is C25H23Cl. The van der Waals surface area contributed by atoms with Crippen molar-refractivity contribution >= 4 is 17.2 Å². The highest BCUT2D eigenvalue weighted by Crippen LogP contribution is 2.34. The molecule has 0 amide bonds. The van der Waals surface area contributed by atoms with Crippen LogP contribution in [0.4, 0.5) is 0 Å². The molecule has 0 aliphatic heterocycles. The number of hydrogen-bond acceptors (Lipinski definition) is 0. The first-order valence-electron chi connectivity index (χ1n) is 9.38. The van der Waals surface area contributed by atoms with Gasteiger partial charge in [0.25, 0.3) is 0 Å². The van der Waals surface area contributed by atoms with Gasteiger partial charge in [-0.25, -0.2) is 0 Å². The Hall–Kier alpha value is -2.31. The quantitative estimate of drug-likeness (QED) is 0.454. The molecule has 1 heteroatoms. The van der Waals surface area contributed by atoms with Crippen LogP contribution < -0.4 is 0 Å². The zero-order valence-corrected chi connectivity index (χ0v) is 15.6. The molecule has 1 atom stereocenters. The Morgan fingerprint density at radius 2 is 1.50 bits per heavy atom. The van der Waals surface area contributed by atoms with Crippen LogP contribution >= 0.6 is 11.6 Å². The van der Waals surface area contributed by atoms with Gasteiger partial charge >= 0.3 is 0 Å². The van der Waals surface area contributed by atoms with E-state index < -0.39 is 0 Å². The van der Waals surface area contributed by atoms with Gasteiger partial charge in [-0.1, -0.05) is 84.4 Å². The molecule has 4 rings (SSSR count). The van der Waals surface area contributed by atoms with Crippen LogP contribution in [0.15, 0.2) is 84.9 Å². The van der Waals surface area contributed by atoms with Crippen molar-refractivity contribution in [3.05, 3.63) is 101 Å². The van der Waals surface area contributed by atoms with E-state index in [9.17, 15) is 0 Å². The SMILES string of the molecule is Clc1ccc(-c2ccccc2CC2CC=C(c3ccccc3)CC2)cc1. The van der Waals surface area contributed by atoms with Crippen molar-refractivity contribution in [2.24, 2.45) is 5.92 Å². The maximum absolute atomic E-state index is 6.05. The van der Waals surface area contributed by atoms with Gasteiger partial charge in [0.1, 0.15) is 0 Å². The van der Waals surface area contributed by atoms with E-state index in [2.05, 4.69) is 72.8 Å². The molecule has 3 aromatic rings. The van der Waals surface area contributed by atoms with Gasteiger partial charge in [-0.15, -0.1) is 0 Å². The topological polar surface area (TPSA) is 0 Å². The largest absolute Gasteiger partial charge is 0.0843 e. The standard InChI is InChI=1S/C25H23Cl/c26-24-16-14-22(15-17-24)25-9-5-4-8-23(25)18-19-10-12-21(13-11-19)20-6-2-1-3-7-20/h1-9,12,14-17,19H,10-11,13,18H2. The van der Waals surface area contributed by atoms with E-state index in [-0.39, 0.29) is 0 Å². The first-order chi connectivity index (χ1) is 12.8. The van der Waals surface area contributed by atoms with E-state index in [0.29, 0.717) is 0 Å². The summed E-state index contributed by atoms with van der Waals surface area (Å²) < 4.78 is 0. The third-order valence-corrected chi connectivity index (χ3v) is 5.60. The van der Waals surface area contributed by atoms with Crippen LogP contribution in [-0.4, -0.2) is 0 Å². The van der Waals surface area contributed by atoms with Gasteiger partial charge in [-0.05, 0) is 71.6 Å². The lowest BCUT2D eigenvalue weighted by atomic mass is 9.82. The van der Waals surface area contributed by atoms with E-state index in [1.165, 1.54) is 47.1 Å². The predicted octanol–water partition coefficient (Wildman–Crippen LogP) is 7.43. The van der Waals surface area contributed by atoms with E-state index >= 15 is 0 Å². The maximum atomic E-state index is 6.05. The summed E-state index contributed by atoms with van der Waals surface area (Å²) in [4.78, 5) is 0. The summed E-state index contributed by atoms with van der Waals surface area (Å²) in [6.07, 6.45) is 7.19. The highest BCUT2D eigenvalue weighted by molar-refractivity contribution is 6.30. The van der Waals surface area contributed by atoms with Crippen LogP contribution in [-0.2, 0) is 6.42 Å². The van der Waals surface area contributed by atoms with Crippen molar-refractivity contribution in [3.63, 3.8) is 0 Å². The molecule has 0 radical (unpaired) electrons. The molecule has 0 N–H and O–H groups in total. The van der Waals surface area contributed by atoms with Gasteiger partial charge in [0.2, 0.25) is 0 Å². The van der Waals surface area contributed by atoms with Crippen molar-refractivity contribution in [2.75, 3.05) is 0 Å². The minimum atomic E-state index is 0.718. The summed E-state index contributed by atoms with van der Waals surface area (Å²) in [6.45, 7) is 0. The van der Waals surface area contributed by atoms with Crippen molar-refractivity contribution in [1.82, 2.24) is 0 Å². The first kappa shape index (κ1) is 17.1. The lowest BCUT2D eigenvalue weighted by molar-refractivity contribution is 0.483. The van der Waals surface area contributed by atoms with Gasteiger partial charge in [0.15, 0.2) is 0 Å². The average molecular weight is 359 g/mol. The van der Waals surface area contributed by atoms with Crippen LogP contribution in [0.2, 0.25) is 5.02 Å². The van der Waals surface area contributed by atoms with Crippen LogP contribution in [0.3, 0.4) is 0 Å². The molecule has 0 heterocycles. The van der Waals surface area contributed by atoms with E-state index in [1.54, 1.807) is 0 Å². The second-order valence-corrected chi connectivity index (χ2v) is 7.54. The molecule has 0 nitrogen and oxygen atoms in total. The summed E-state index contributed by atoms with van der Waals surface area (Å²) in [5.74, 6) is 0.718. The lowest BCUT2D eigenvalue weighted by Crippen LogP contribution is -2.09. The molecule has 0 fully saturated rings. The highest BCUT2D eigenvalue weighted by Gasteiger charge is 2.17. The Morgan fingerprint density at radius 3 is 2.23 bits per heavy atom. The van der Waals surface area contributed by atoms with Crippen molar-refractivity contribution in [2.45, 2.75) is 25.7 Å². The average Bonchev–Trinajstić information content (AvgIpc) is 2.70. The summed E-state index contributed by atoms with van der Waals surface area (Å²) in [5.41, 5.74) is 6.92. The smallest absolute Gasteiger partial charge is 0.0406 e. The highest BCUT2D eigenvalue weighted by atomic mass is 35.5. The Labute approximate surface area is 161 Å². The van der Waals surface area contributed by atoms with Crippen LogP contribution in [0.5, 0.6) is 0 Å². The van der Waals surface area contributed by atoms with Crippen molar-refractivity contribution in [1.29, 1.82) is 0 Å². The fourth-order valence-electron chi connectivity index (χ4n) is 3.91. The van der Waals surface area contributed by atoms with Gasteiger partial charge in [-0.2, -0.15) is 0 Å². The van der Waals surface area contributed by atoms with E-state index in [1.807, 2.05) is 12.1 Å². The molecule has 0 aromatic heterocycles. The molecule has 0 saturated carbocycles. The Bertz CT molecular complexity index is 891. The Balaban J connectivity index is 1.51. The van der Waals surface area contributed by atoms with Crippen LogP contribution in [0.1, 0.15) is 30.4 Å². The molecular weight excluding hydrogens is 336 g/mol. The second kappa shape index (κ2) is 7.93. The predicted molar refractivity (Wildman–Crippen MR) is 112 cm³/mol. The van der Waals surface area contributed by atoms with Gasteiger partial charge in [0.05, 0.1) is 0 Å². The number of allylic oxidation sites excluding steroid dienone is 2. The van der Waals surface area contributed by atoms with E-state index in [4.69, 9.17) is 11.6 Å². The Kier molecular flexibility index (Phi) is 5.22. The normalized spacial score (nSPS) is 17.0. The molecule has 26 heavy (non-hydrogen) atoms. The number of benzene rings is 3. The summed E-state index contributed by atoms with van der Waals surface area (Å²) >= 11 is 6.05. The molecule has 1 aliphatic carbocycles. The lowest BCUT2D eigenvalue weighted by Gasteiger charge is -2.23. The summed E-state index contributed by atoms with van der Waals surface area (Å²) in [6, 6.07) is 27.8. The molecule has 1 unspecified atom stereocenters. The van der Waals surface area contributed by atoms with Gasteiger partial charge in [-0.3, -0.25) is 0 Å². The molecule has 0 bridgehead atoms. The minimum absolute atomic E-state index is 0.718. The number of halogens is 1. The zero-order valence-electron chi connectivity index (χ0n) is 14.9. The molecule has 3 aromatic carbocycles. The Morgan fingerprint density at radius 1 is 0.769 bits per heavy atom. The second-order valence-electron chi connectivity index (χ2n) is 7.10. The summed E-state index contributed by atoms with van der Waals surface area (Å²) in [5, 5.41) is 0.789. The van der Waals surface area contributed by atoms with Crippen molar-refractivity contribution in [3.8, 4) is 11.1 Å². The maximum Gasteiger partial charge on any atom is 0.0406 e. The molecule has 0 saturated heterocycles. The number of rotatable bonds is 4. The van der Waals surface area contributed by atoms with Crippen LogP contribution in [0.25, 0.3) is 16.7 Å². The third-order valence-electron chi connectivity index (χ3n) is 5.35.